The molecule has 0 bridgehead atoms. The van der Waals surface area contributed by atoms with Crippen molar-refractivity contribution in [2.24, 2.45) is 11.7 Å². The number of hydrogen-bond donors (Lipinski definition) is 1. The minimum atomic E-state index is -0.0158. The Hall–Kier alpha value is -1.06. The molecule has 0 spiro atoms. The lowest BCUT2D eigenvalue weighted by Gasteiger charge is -2.35. The van der Waals surface area contributed by atoms with Crippen LogP contribution in [0.15, 0.2) is 24.3 Å². The third kappa shape index (κ3) is 2.61. The van der Waals surface area contributed by atoms with Crippen LogP contribution in [-0.2, 0) is 0 Å². The average Bonchev–Trinajstić information content (AvgIpc) is 2.32. The number of nitrogens with zero attached hydrogens (tertiary/aromatic N) is 1. The number of carbonyl (C=O) groups is 1. The molecule has 3 nitrogen and oxygen atoms in total. The zero-order valence-electron chi connectivity index (χ0n) is 9.90. The van der Waals surface area contributed by atoms with Gasteiger partial charge in [0.1, 0.15) is 0 Å². The molecule has 2 rings (SSSR count). The molecule has 2 atom stereocenters. The second-order valence-electron chi connectivity index (χ2n) is 4.66. The van der Waals surface area contributed by atoms with Gasteiger partial charge in [-0.3, -0.25) is 4.79 Å². The molecular weight excluding hydrogens is 236 g/mol. The van der Waals surface area contributed by atoms with E-state index in [1.165, 1.54) is 0 Å². The lowest BCUT2D eigenvalue weighted by atomic mass is 9.94. The first kappa shape index (κ1) is 12.4. The number of rotatable bonds is 1. The minimum Gasteiger partial charge on any atom is -0.337 e. The van der Waals surface area contributed by atoms with Crippen molar-refractivity contribution in [3.63, 3.8) is 0 Å². The maximum atomic E-state index is 12.3. The summed E-state index contributed by atoms with van der Waals surface area (Å²) < 4.78 is 0. The van der Waals surface area contributed by atoms with Crippen molar-refractivity contribution < 1.29 is 4.79 Å². The Bertz CT molecular complexity index is 422. The van der Waals surface area contributed by atoms with Crippen LogP contribution in [0.25, 0.3) is 0 Å². The van der Waals surface area contributed by atoms with Crippen LogP contribution < -0.4 is 5.73 Å². The van der Waals surface area contributed by atoms with E-state index in [2.05, 4.69) is 6.92 Å². The predicted octanol–water partition coefficient (Wildman–Crippen LogP) is 2.15. The van der Waals surface area contributed by atoms with Crippen molar-refractivity contribution >= 4 is 17.5 Å². The fourth-order valence-electron chi connectivity index (χ4n) is 2.09. The van der Waals surface area contributed by atoms with Gasteiger partial charge in [-0.2, -0.15) is 0 Å². The van der Waals surface area contributed by atoms with Gasteiger partial charge in [-0.05, 0) is 24.5 Å². The monoisotopic (exact) mass is 252 g/mol. The van der Waals surface area contributed by atoms with Gasteiger partial charge < -0.3 is 10.6 Å². The molecule has 92 valence electrons. The van der Waals surface area contributed by atoms with Gasteiger partial charge in [-0.15, -0.1) is 0 Å². The van der Waals surface area contributed by atoms with Crippen molar-refractivity contribution in [1.82, 2.24) is 4.90 Å². The SMILES string of the molecule is CC1CCN(C(=O)c2ccccc2Cl)CC1N. The molecule has 2 N–H and O–H groups in total. The highest BCUT2D eigenvalue weighted by atomic mass is 35.5. The maximum Gasteiger partial charge on any atom is 0.255 e. The van der Waals surface area contributed by atoms with Crippen LogP contribution in [0.2, 0.25) is 5.02 Å². The summed E-state index contributed by atoms with van der Waals surface area (Å²) >= 11 is 6.02. The molecule has 1 aromatic carbocycles. The van der Waals surface area contributed by atoms with Gasteiger partial charge in [0.15, 0.2) is 0 Å². The summed E-state index contributed by atoms with van der Waals surface area (Å²) in [4.78, 5) is 14.1. The van der Waals surface area contributed by atoms with Crippen LogP contribution in [0.1, 0.15) is 23.7 Å². The van der Waals surface area contributed by atoms with Crippen LogP contribution >= 0.6 is 11.6 Å². The first-order valence-corrected chi connectivity index (χ1v) is 6.26. The Morgan fingerprint density at radius 1 is 1.47 bits per heavy atom. The number of amides is 1. The van der Waals surface area contributed by atoms with Crippen molar-refractivity contribution in [2.45, 2.75) is 19.4 Å². The summed E-state index contributed by atoms with van der Waals surface area (Å²) in [5.74, 6) is 0.461. The van der Waals surface area contributed by atoms with E-state index >= 15 is 0 Å². The fourth-order valence-corrected chi connectivity index (χ4v) is 2.31. The highest BCUT2D eigenvalue weighted by Gasteiger charge is 2.27. The van der Waals surface area contributed by atoms with Crippen molar-refractivity contribution in [2.75, 3.05) is 13.1 Å². The van der Waals surface area contributed by atoms with E-state index in [1.807, 2.05) is 12.1 Å². The number of carbonyl (C=O) groups excluding carboxylic acids is 1. The van der Waals surface area contributed by atoms with Gasteiger partial charge in [0.25, 0.3) is 5.91 Å². The molecule has 4 heteroatoms. The summed E-state index contributed by atoms with van der Waals surface area (Å²) in [7, 11) is 0. The van der Waals surface area contributed by atoms with Crippen LogP contribution in [0, 0.1) is 5.92 Å². The second kappa shape index (κ2) is 5.07. The lowest BCUT2D eigenvalue weighted by Crippen LogP contribution is -2.49. The fraction of sp³-hybridized carbons (Fsp3) is 0.462. The van der Waals surface area contributed by atoms with Crippen LogP contribution in [0.4, 0.5) is 0 Å². The van der Waals surface area contributed by atoms with Crippen LogP contribution in [0.5, 0.6) is 0 Å². The molecule has 2 unspecified atom stereocenters. The summed E-state index contributed by atoms with van der Waals surface area (Å²) in [6, 6.07) is 7.21. The number of halogens is 1. The molecule has 1 saturated heterocycles. The molecule has 0 radical (unpaired) electrons. The number of piperidine rings is 1. The van der Waals surface area contributed by atoms with Gasteiger partial charge in [-0.25, -0.2) is 0 Å². The van der Waals surface area contributed by atoms with Crippen molar-refractivity contribution in [1.29, 1.82) is 0 Å². The lowest BCUT2D eigenvalue weighted by molar-refractivity contribution is 0.0672. The predicted molar refractivity (Wildman–Crippen MR) is 69.1 cm³/mol. The largest absolute Gasteiger partial charge is 0.337 e. The number of hydrogen-bond acceptors (Lipinski definition) is 2. The number of nitrogens with two attached hydrogens (primary N) is 1. The van der Waals surface area contributed by atoms with E-state index in [4.69, 9.17) is 17.3 Å². The summed E-state index contributed by atoms with van der Waals surface area (Å²) in [6.45, 7) is 3.51. The molecule has 0 aromatic heterocycles. The molecule has 0 saturated carbocycles. The third-order valence-corrected chi connectivity index (χ3v) is 3.74. The maximum absolute atomic E-state index is 12.3. The summed E-state index contributed by atoms with van der Waals surface area (Å²) in [6.07, 6.45) is 0.956. The molecule has 1 aromatic rings. The van der Waals surface area contributed by atoms with Crippen molar-refractivity contribution in [3.05, 3.63) is 34.9 Å². The van der Waals surface area contributed by atoms with E-state index in [1.54, 1.807) is 17.0 Å². The standard InChI is InChI=1S/C13H17ClN2O/c1-9-6-7-16(8-12(9)15)13(17)10-4-2-3-5-11(10)14/h2-5,9,12H,6-8,15H2,1H3. The molecule has 17 heavy (non-hydrogen) atoms. The van der Waals surface area contributed by atoms with Gasteiger partial charge in [0.05, 0.1) is 10.6 Å². The molecule has 0 aliphatic carbocycles. The van der Waals surface area contributed by atoms with Gasteiger partial charge in [0.2, 0.25) is 0 Å². The Kier molecular flexibility index (Phi) is 3.69. The van der Waals surface area contributed by atoms with Crippen molar-refractivity contribution in [3.8, 4) is 0 Å². The minimum absolute atomic E-state index is 0.0158. The molecule has 1 aliphatic rings. The number of benzene rings is 1. The quantitative estimate of drug-likeness (QED) is 0.833. The van der Waals surface area contributed by atoms with Crippen LogP contribution in [0.3, 0.4) is 0 Å². The zero-order chi connectivity index (χ0) is 12.4. The molecular formula is C13H17ClN2O. The third-order valence-electron chi connectivity index (χ3n) is 3.41. The molecule has 1 heterocycles. The summed E-state index contributed by atoms with van der Waals surface area (Å²) in [5, 5.41) is 0.504. The normalized spacial score (nSPS) is 24.8. The van der Waals surface area contributed by atoms with Gasteiger partial charge in [0, 0.05) is 19.1 Å². The second-order valence-corrected chi connectivity index (χ2v) is 5.07. The van der Waals surface area contributed by atoms with Crippen LogP contribution in [-0.4, -0.2) is 29.9 Å². The van der Waals surface area contributed by atoms with Gasteiger partial charge in [-0.1, -0.05) is 30.7 Å². The topological polar surface area (TPSA) is 46.3 Å². The first-order valence-electron chi connectivity index (χ1n) is 5.89. The number of likely N-dealkylation sites (tertiary alicyclic amines) is 1. The average molecular weight is 253 g/mol. The van der Waals surface area contributed by atoms with E-state index in [0.717, 1.165) is 13.0 Å². The highest BCUT2D eigenvalue weighted by molar-refractivity contribution is 6.33. The van der Waals surface area contributed by atoms with E-state index < -0.39 is 0 Å². The smallest absolute Gasteiger partial charge is 0.255 e. The Morgan fingerprint density at radius 2 is 2.18 bits per heavy atom. The molecule has 1 amide bonds. The van der Waals surface area contributed by atoms with Gasteiger partial charge >= 0.3 is 0 Å². The first-order chi connectivity index (χ1) is 8.09. The van der Waals surface area contributed by atoms with E-state index in [9.17, 15) is 4.79 Å². The molecule has 1 aliphatic heterocycles. The Labute approximate surface area is 107 Å². The molecule has 1 fully saturated rings. The Balaban J connectivity index is 2.14. The Morgan fingerprint density at radius 3 is 2.82 bits per heavy atom. The highest BCUT2D eigenvalue weighted by Crippen LogP contribution is 2.21. The van der Waals surface area contributed by atoms with E-state index in [-0.39, 0.29) is 11.9 Å². The summed E-state index contributed by atoms with van der Waals surface area (Å²) in [5.41, 5.74) is 6.56. The van der Waals surface area contributed by atoms with E-state index in [0.29, 0.717) is 23.0 Å². The zero-order valence-corrected chi connectivity index (χ0v) is 10.7.